The van der Waals surface area contributed by atoms with E-state index in [1.807, 2.05) is 0 Å². The number of hydrogen-bond acceptors (Lipinski definition) is 3. The molecule has 2 saturated heterocycles. The Labute approximate surface area is 130 Å². The zero-order valence-corrected chi connectivity index (χ0v) is 13.9. The number of allylic oxidation sites excluding steroid dienone is 2. The van der Waals surface area contributed by atoms with Gasteiger partial charge in [0.15, 0.2) is 0 Å². The quantitative estimate of drug-likeness (QED) is 0.754. The molecular weight excluding hydrogens is 260 g/mol. The van der Waals surface area contributed by atoms with Gasteiger partial charge in [0, 0.05) is 31.4 Å². The van der Waals surface area contributed by atoms with Crippen molar-refractivity contribution in [1.29, 1.82) is 5.41 Å². The monoisotopic (exact) mass is 292 g/mol. The van der Waals surface area contributed by atoms with Gasteiger partial charge < -0.3 is 15.0 Å². The van der Waals surface area contributed by atoms with Gasteiger partial charge in [0.2, 0.25) is 0 Å². The summed E-state index contributed by atoms with van der Waals surface area (Å²) in [5, 5.41) is 8.30. The van der Waals surface area contributed by atoms with Crippen LogP contribution >= 0.6 is 0 Å². The highest BCUT2D eigenvalue weighted by atomic mass is 16.5. The first kappa shape index (κ1) is 16.7. The molecule has 2 heterocycles. The molecule has 0 spiro atoms. The van der Waals surface area contributed by atoms with Crippen LogP contribution in [-0.4, -0.2) is 43.5 Å². The molecule has 0 bridgehead atoms. The van der Waals surface area contributed by atoms with Crippen LogP contribution in [0.2, 0.25) is 0 Å². The van der Waals surface area contributed by atoms with Crippen LogP contribution in [0, 0.1) is 17.2 Å². The molecule has 3 heteroatoms. The van der Waals surface area contributed by atoms with Crippen LogP contribution in [0.25, 0.3) is 0 Å². The number of piperidine rings is 1. The molecule has 2 fully saturated rings. The van der Waals surface area contributed by atoms with Gasteiger partial charge in [-0.05, 0) is 64.1 Å². The molecule has 0 radical (unpaired) electrons. The Morgan fingerprint density at radius 3 is 2.48 bits per heavy atom. The van der Waals surface area contributed by atoms with Gasteiger partial charge in [-0.25, -0.2) is 0 Å². The lowest BCUT2D eigenvalue weighted by Crippen LogP contribution is -2.39. The maximum absolute atomic E-state index is 8.30. The lowest BCUT2D eigenvalue weighted by atomic mass is 9.89. The van der Waals surface area contributed by atoms with Crippen molar-refractivity contribution in [1.82, 2.24) is 4.90 Å². The van der Waals surface area contributed by atoms with Gasteiger partial charge in [-0.15, -0.1) is 0 Å². The number of ether oxygens (including phenoxy) is 1. The van der Waals surface area contributed by atoms with E-state index in [1.165, 1.54) is 44.5 Å². The van der Waals surface area contributed by atoms with Crippen molar-refractivity contribution in [2.45, 2.75) is 52.4 Å². The molecule has 0 atom stereocenters. The van der Waals surface area contributed by atoms with Gasteiger partial charge >= 0.3 is 0 Å². The highest BCUT2D eigenvalue weighted by molar-refractivity contribution is 5.94. The van der Waals surface area contributed by atoms with E-state index in [1.54, 1.807) is 0 Å². The predicted octanol–water partition coefficient (Wildman–Crippen LogP) is 3.89. The second-order valence-electron chi connectivity index (χ2n) is 6.83. The summed E-state index contributed by atoms with van der Waals surface area (Å²) in [7, 11) is 0. The van der Waals surface area contributed by atoms with Crippen LogP contribution < -0.4 is 0 Å². The molecule has 0 aromatic carbocycles. The molecule has 0 aliphatic carbocycles. The van der Waals surface area contributed by atoms with E-state index in [-0.39, 0.29) is 0 Å². The van der Waals surface area contributed by atoms with E-state index < -0.39 is 0 Å². The van der Waals surface area contributed by atoms with E-state index in [2.05, 4.69) is 24.8 Å². The van der Waals surface area contributed by atoms with Crippen LogP contribution in [0.5, 0.6) is 0 Å². The molecule has 0 amide bonds. The van der Waals surface area contributed by atoms with Gasteiger partial charge in [-0.1, -0.05) is 18.9 Å². The summed E-state index contributed by atoms with van der Waals surface area (Å²) in [6.45, 7) is 9.86. The van der Waals surface area contributed by atoms with Crippen LogP contribution in [-0.2, 0) is 4.74 Å². The van der Waals surface area contributed by atoms with Crippen molar-refractivity contribution in [3.63, 3.8) is 0 Å². The fourth-order valence-corrected chi connectivity index (χ4v) is 3.57. The fourth-order valence-electron chi connectivity index (χ4n) is 3.57. The van der Waals surface area contributed by atoms with Crippen molar-refractivity contribution >= 4 is 5.71 Å². The zero-order chi connectivity index (χ0) is 15.1. The number of nitrogens with zero attached hydrogens (tertiary/aromatic N) is 1. The molecule has 2 aliphatic heterocycles. The summed E-state index contributed by atoms with van der Waals surface area (Å²) in [5.74, 6) is 1.32. The Morgan fingerprint density at radius 2 is 1.86 bits per heavy atom. The highest BCUT2D eigenvalue weighted by Crippen LogP contribution is 2.23. The third-order valence-corrected chi connectivity index (χ3v) is 4.93. The second-order valence-corrected chi connectivity index (χ2v) is 6.83. The lowest BCUT2D eigenvalue weighted by molar-refractivity contribution is 0.0485. The molecule has 2 aliphatic rings. The first-order chi connectivity index (χ1) is 10.2. The van der Waals surface area contributed by atoms with Crippen molar-refractivity contribution < 1.29 is 4.74 Å². The molecule has 120 valence electrons. The summed E-state index contributed by atoms with van der Waals surface area (Å²) in [5.41, 5.74) is 2.24. The zero-order valence-electron chi connectivity index (χ0n) is 13.9. The van der Waals surface area contributed by atoms with Gasteiger partial charge in [0.1, 0.15) is 0 Å². The van der Waals surface area contributed by atoms with E-state index >= 15 is 0 Å². The summed E-state index contributed by atoms with van der Waals surface area (Å²) >= 11 is 0. The summed E-state index contributed by atoms with van der Waals surface area (Å²) in [6, 6.07) is 0. The molecule has 0 aromatic rings. The van der Waals surface area contributed by atoms with E-state index in [4.69, 9.17) is 10.1 Å². The summed E-state index contributed by atoms with van der Waals surface area (Å²) < 4.78 is 5.44. The SMILES string of the molecule is CCC/C(C)=C\C(=N)C1CCN(CC2CCOCC2)CC1. The van der Waals surface area contributed by atoms with Crippen LogP contribution in [0.15, 0.2) is 11.6 Å². The van der Waals surface area contributed by atoms with E-state index in [0.717, 1.165) is 44.1 Å². The topological polar surface area (TPSA) is 36.3 Å². The Kier molecular flexibility index (Phi) is 6.91. The van der Waals surface area contributed by atoms with Crippen molar-refractivity contribution in [2.24, 2.45) is 11.8 Å². The smallest absolute Gasteiger partial charge is 0.0469 e. The Balaban J connectivity index is 1.72. The minimum absolute atomic E-state index is 0.489. The van der Waals surface area contributed by atoms with E-state index in [0.29, 0.717) is 5.92 Å². The van der Waals surface area contributed by atoms with Crippen molar-refractivity contribution in [3.05, 3.63) is 11.6 Å². The molecular formula is C18H32N2O. The Hall–Kier alpha value is -0.670. The van der Waals surface area contributed by atoms with Gasteiger partial charge in [-0.3, -0.25) is 0 Å². The summed E-state index contributed by atoms with van der Waals surface area (Å²) in [4.78, 5) is 2.61. The van der Waals surface area contributed by atoms with Gasteiger partial charge in [0.05, 0.1) is 0 Å². The van der Waals surface area contributed by atoms with Crippen LogP contribution in [0.4, 0.5) is 0 Å². The van der Waals surface area contributed by atoms with Crippen molar-refractivity contribution in [3.8, 4) is 0 Å². The molecule has 1 N–H and O–H groups in total. The standard InChI is InChI=1S/C18H32N2O/c1-3-4-15(2)13-18(19)17-5-9-20(10-6-17)14-16-7-11-21-12-8-16/h13,16-17,19H,3-12,14H2,1-2H3/b15-13-,19-18?. The van der Waals surface area contributed by atoms with Crippen LogP contribution in [0.1, 0.15) is 52.4 Å². The average molecular weight is 292 g/mol. The third kappa shape index (κ3) is 5.55. The number of likely N-dealkylation sites (tertiary alicyclic amines) is 1. The first-order valence-corrected chi connectivity index (χ1v) is 8.74. The summed E-state index contributed by atoms with van der Waals surface area (Å²) in [6.07, 6.45) is 9.23. The molecule has 0 saturated carbocycles. The van der Waals surface area contributed by atoms with Crippen molar-refractivity contribution in [2.75, 3.05) is 32.8 Å². The third-order valence-electron chi connectivity index (χ3n) is 4.93. The normalized spacial score (nSPS) is 23.4. The lowest BCUT2D eigenvalue weighted by Gasteiger charge is -2.35. The van der Waals surface area contributed by atoms with Crippen LogP contribution in [0.3, 0.4) is 0 Å². The molecule has 0 aromatic heterocycles. The molecule has 21 heavy (non-hydrogen) atoms. The minimum Gasteiger partial charge on any atom is -0.381 e. The highest BCUT2D eigenvalue weighted by Gasteiger charge is 2.24. The fraction of sp³-hybridized carbons (Fsp3) is 0.833. The Bertz CT molecular complexity index is 350. The molecule has 2 rings (SSSR count). The van der Waals surface area contributed by atoms with Gasteiger partial charge in [0.25, 0.3) is 0 Å². The maximum atomic E-state index is 8.30. The number of nitrogens with one attached hydrogen (secondary N) is 1. The molecule has 0 unspecified atom stereocenters. The largest absolute Gasteiger partial charge is 0.381 e. The minimum atomic E-state index is 0.489. The number of rotatable bonds is 6. The average Bonchev–Trinajstić information content (AvgIpc) is 2.49. The second kappa shape index (κ2) is 8.70. The maximum Gasteiger partial charge on any atom is 0.0469 e. The first-order valence-electron chi connectivity index (χ1n) is 8.74. The predicted molar refractivity (Wildman–Crippen MR) is 89.1 cm³/mol. The van der Waals surface area contributed by atoms with E-state index in [9.17, 15) is 0 Å². The molecule has 3 nitrogen and oxygen atoms in total. The van der Waals surface area contributed by atoms with Gasteiger partial charge in [-0.2, -0.15) is 0 Å². The Morgan fingerprint density at radius 1 is 1.19 bits per heavy atom. The number of hydrogen-bond donors (Lipinski definition) is 1.